The standard InChI is InChI=1S/C20H27ClN4O3/c1-3-24-9-11-25(12-10-24)13-16-17(19(26)28-4-2)18(23-20(27)22-16)14-7-5-6-8-15(14)21/h5-8,18H,3-4,9-13H2,1-2H3,(H2,22,23,27)/t18-/m1/s1. The minimum atomic E-state index is -0.645. The van der Waals surface area contributed by atoms with Crippen LogP contribution in [-0.4, -0.2) is 67.7 Å². The Morgan fingerprint density at radius 2 is 1.86 bits per heavy atom. The van der Waals surface area contributed by atoms with Crippen molar-refractivity contribution >= 4 is 23.6 Å². The van der Waals surface area contributed by atoms with Crippen LogP contribution in [-0.2, 0) is 9.53 Å². The number of halogens is 1. The third-order valence-electron chi connectivity index (χ3n) is 5.16. The molecule has 0 bridgehead atoms. The quantitative estimate of drug-likeness (QED) is 0.708. The van der Waals surface area contributed by atoms with Crippen molar-refractivity contribution in [1.29, 1.82) is 0 Å². The van der Waals surface area contributed by atoms with E-state index in [0.29, 0.717) is 28.4 Å². The van der Waals surface area contributed by atoms with Crippen LogP contribution in [0.5, 0.6) is 0 Å². The fourth-order valence-corrected chi connectivity index (χ4v) is 3.87. The number of amides is 2. The van der Waals surface area contributed by atoms with Gasteiger partial charge in [0.1, 0.15) is 0 Å². The lowest BCUT2D eigenvalue weighted by atomic mass is 9.95. The van der Waals surface area contributed by atoms with Gasteiger partial charge >= 0.3 is 12.0 Å². The Hall–Kier alpha value is -2.09. The lowest BCUT2D eigenvalue weighted by molar-refractivity contribution is -0.139. The highest BCUT2D eigenvalue weighted by Gasteiger charge is 2.35. The van der Waals surface area contributed by atoms with E-state index in [2.05, 4.69) is 27.4 Å². The Balaban J connectivity index is 1.93. The van der Waals surface area contributed by atoms with Crippen molar-refractivity contribution in [3.63, 3.8) is 0 Å². The van der Waals surface area contributed by atoms with Crippen LogP contribution in [0, 0.1) is 0 Å². The zero-order valence-electron chi connectivity index (χ0n) is 16.3. The van der Waals surface area contributed by atoms with Crippen LogP contribution >= 0.6 is 11.6 Å². The average Bonchev–Trinajstić information content (AvgIpc) is 2.68. The molecule has 1 atom stereocenters. The largest absolute Gasteiger partial charge is 0.463 e. The highest BCUT2D eigenvalue weighted by Crippen LogP contribution is 2.32. The third-order valence-corrected chi connectivity index (χ3v) is 5.50. The summed E-state index contributed by atoms with van der Waals surface area (Å²) < 4.78 is 5.30. The van der Waals surface area contributed by atoms with Gasteiger partial charge in [0.05, 0.1) is 18.2 Å². The van der Waals surface area contributed by atoms with Gasteiger partial charge in [-0.1, -0.05) is 36.7 Å². The van der Waals surface area contributed by atoms with E-state index in [0.717, 1.165) is 32.7 Å². The predicted octanol–water partition coefficient (Wildman–Crippen LogP) is 2.15. The Labute approximate surface area is 170 Å². The molecule has 152 valence electrons. The van der Waals surface area contributed by atoms with Gasteiger partial charge in [-0.15, -0.1) is 0 Å². The fraction of sp³-hybridized carbons (Fsp3) is 0.500. The Kier molecular flexibility index (Phi) is 6.93. The summed E-state index contributed by atoms with van der Waals surface area (Å²) in [6, 6.07) is 6.22. The second kappa shape index (κ2) is 9.41. The number of piperazine rings is 1. The van der Waals surface area contributed by atoms with Crippen LogP contribution in [0.15, 0.2) is 35.5 Å². The van der Waals surface area contributed by atoms with Crippen molar-refractivity contribution in [1.82, 2.24) is 20.4 Å². The second-order valence-electron chi connectivity index (χ2n) is 6.88. The van der Waals surface area contributed by atoms with Gasteiger partial charge in [-0.2, -0.15) is 0 Å². The molecule has 0 aromatic heterocycles. The minimum Gasteiger partial charge on any atom is -0.463 e. The monoisotopic (exact) mass is 406 g/mol. The van der Waals surface area contributed by atoms with Crippen LogP contribution in [0.2, 0.25) is 5.02 Å². The number of likely N-dealkylation sites (N-methyl/N-ethyl adjacent to an activating group) is 1. The molecule has 0 radical (unpaired) electrons. The van der Waals surface area contributed by atoms with Crippen molar-refractivity contribution in [2.24, 2.45) is 0 Å². The highest BCUT2D eigenvalue weighted by atomic mass is 35.5. The molecule has 1 aromatic carbocycles. The van der Waals surface area contributed by atoms with Gasteiger partial charge in [0.15, 0.2) is 0 Å². The maximum absolute atomic E-state index is 12.8. The van der Waals surface area contributed by atoms with E-state index in [1.54, 1.807) is 13.0 Å². The van der Waals surface area contributed by atoms with Crippen LogP contribution < -0.4 is 10.6 Å². The van der Waals surface area contributed by atoms with E-state index in [1.165, 1.54) is 0 Å². The van der Waals surface area contributed by atoms with Gasteiger partial charge in [0, 0.05) is 43.4 Å². The number of carbonyl (C=O) groups is 2. The predicted molar refractivity (Wildman–Crippen MR) is 108 cm³/mol. The van der Waals surface area contributed by atoms with E-state index in [-0.39, 0.29) is 12.6 Å². The molecule has 2 heterocycles. The fourth-order valence-electron chi connectivity index (χ4n) is 3.62. The summed E-state index contributed by atoms with van der Waals surface area (Å²) in [5.74, 6) is -0.442. The van der Waals surface area contributed by atoms with E-state index >= 15 is 0 Å². The van der Waals surface area contributed by atoms with Gasteiger partial charge in [-0.05, 0) is 25.1 Å². The number of carbonyl (C=O) groups excluding carboxylic acids is 2. The summed E-state index contributed by atoms with van der Waals surface area (Å²) in [6.07, 6.45) is 0. The van der Waals surface area contributed by atoms with E-state index in [9.17, 15) is 9.59 Å². The van der Waals surface area contributed by atoms with Crippen molar-refractivity contribution in [3.05, 3.63) is 46.1 Å². The summed E-state index contributed by atoms with van der Waals surface area (Å²) in [5, 5.41) is 6.15. The highest BCUT2D eigenvalue weighted by molar-refractivity contribution is 6.31. The first-order valence-corrected chi connectivity index (χ1v) is 10.1. The number of benzene rings is 1. The van der Waals surface area contributed by atoms with Crippen molar-refractivity contribution in [2.75, 3.05) is 45.9 Å². The lowest BCUT2D eigenvalue weighted by Crippen LogP contribution is -2.51. The molecular weight excluding hydrogens is 380 g/mol. The molecule has 0 spiro atoms. The molecule has 28 heavy (non-hydrogen) atoms. The molecule has 0 unspecified atom stereocenters. The Bertz CT molecular complexity index is 760. The van der Waals surface area contributed by atoms with Crippen molar-refractivity contribution in [3.8, 4) is 0 Å². The first kappa shape index (κ1) is 20.6. The molecule has 7 nitrogen and oxygen atoms in total. The van der Waals surface area contributed by atoms with Gasteiger partial charge in [-0.25, -0.2) is 9.59 Å². The molecule has 1 saturated heterocycles. The average molecular weight is 407 g/mol. The molecule has 1 aromatic rings. The van der Waals surface area contributed by atoms with Crippen LogP contribution in [0.1, 0.15) is 25.5 Å². The summed E-state index contributed by atoms with van der Waals surface area (Å²) in [6.45, 7) is 9.39. The first-order valence-electron chi connectivity index (χ1n) is 9.70. The molecule has 0 saturated carbocycles. The number of ether oxygens (including phenoxy) is 1. The van der Waals surface area contributed by atoms with Gasteiger partial charge < -0.3 is 20.3 Å². The van der Waals surface area contributed by atoms with Crippen molar-refractivity contribution < 1.29 is 14.3 Å². The molecule has 2 aliphatic rings. The maximum Gasteiger partial charge on any atom is 0.338 e. The van der Waals surface area contributed by atoms with E-state index < -0.39 is 12.0 Å². The molecular formula is C20H27ClN4O3. The zero-order chi connectivity index (χ0) is 20.1. The molecule has 2 amide bonds. The van der Waals surface area contributed by atoms with Crippen molar-refractivity contribution in [2.45, 2.75) is 19.9 Å². The molecule has 2 aliphatic heterocycles. The zero-order valence-corrected chi connectivity index (χ0v) is 17.1. The normalized spacial score (nSPS) is 21.2. The number of esters is 1. The summed E-state index contributed by atoms with van der Waals surface area (Å²) in [7, 11) is 0. The number of nitrogens with zero attached hydrogens (tertiary/aromatic N) is 2. The molecule has 2 N–H and O–H groups in total. The molecule has 1 fully saturated rings. The number of rotatable bonds is 6. The van der Waals surface area contributed by atoms with Gasteiger partial charge in [0.2, 0.25) is 0 Å². The summed E-state index contributed by atoms with van der Waals surface area (Å²) >= 11 is 6.36. The first-order chi connectivity index (χ1) is 13.5. The maximum atomic E-state index is 12.8. The number of hydrogen-bond acceptors (Lipinski definition) is 5. The van der Waals surface area contributed by atoms with Crippen LogP contribution in [0.3, 0.4) is 0 Å². The third kappa shape index (κ3) is 4.66. The summed E-state index contributed by atoms with van der Waals surface area (Å²) in [5.41, 5.74) is 1.67. The molecule has 3 rings (SSSR count). The SMILES string of the molecule is CCOC(=O)C1=C(CN2CCN(CC)CC2)NC(=O)N[C@@H]1c1ccccc1Cl. The molecule has 0 aliphatic carbocycles. The topological polar surface area (TPSA) is 73.9 Å². The minimum absolute atomic E-state index is 0.258. The van der Waals surface area contributed by atoms with E-state index in [1.807, 2.05) is 18.2 Å². The number of nitrogens with one attached hydrogen (secondary N) is 2. The number of hydrogen-bond donors (Lipinski definition) is 2. The Morgan fingerprint density at radius 3 is 2.50 bits per heavy atom. The van der Waals surface area contributed by atoms with Crippen LogP contribution in [0.4, 0.5) is 4.79 Å². The lowest BCUT2D eigenvalue weighted by Gasteiger charge is -2.36. The van der Waals surface area contributed by atoms with Gasteiger partial charge in [0.25, 0.3) is 0 Å². The Morgan fingerprint density at radius 1 is 1.18 bits per heavy atom. The van der Waals surface area contributed by atoms with E-state index in [4.69, 9.17) is 16.3 Å². The van der Waals surface area contributed by atoms with Gasteiger partial charge in [-0.3, -0.25) is 4.90 Å². The van der Waals surface area contributed by atoms with Crippen LogP contribution in [0.25, 0.3) is 0 Å². The number of urea groups is 1. The second-order valence-corrected chi connectivity index (χ2v) is 7.28. The smallest absolute Gasteiger partial charge is 0.338 e. The summed E-state index contributed by atoms with van der Waals surface area (Å²) in [4.78, 5) is 29.8. The molecule has 8 heteroatoms.